The van der Waals surface area contributed by atoms with Crippen LogP contribution in [0.15, 0.2) is 74.3 Å². The van der Waals surface area contributed by atoms with E-state index in [2.05, 4.69) is 41.9 Å². The molecule has 4 rings (SSSR count). The second-order valence-electron chi connectivity index (χ2n) is 5.75. The van der Waals surface area contributed by atoms with E-state index in [1.807, 2.05) is 24.3 Å². The Kier molecular flexibility index (Phi) is 5.52. The molecule has 0 saturated carbocycles. The van der Waals surface area contributed by atoms with Crippen LogP contribution in [-0.4, -0.2) is 21.0 Å². The zero-order chi connectivity index (χ0) is 20.1. The van der Waals surface area contributed by atoms with Gasteiger partial charge in [0.2, 0.25) is 5.82 Å². The minimum atomic E-state index is -0.497. The highest BCUT2D eigenvalue weighted by Gasteiger charge is 2.13. The van der Waals surface area contributed by atoms with E-state index >= 15 is 0 Å². The quantitative estimate of drug-likeness (QED) is 0.404. The van der Waals surface area contributed by atoms with Gasteiger partial charge in [-0.3, -0.25) is 15.2 Å². The average Bonchev–Trinajstić information content (AvgIpc) is 3.42. The molecule has 0 bridgehead atoms. The maximum atomic E-state index is 12.2. The van der Waals surface area contributed by atoms with Crippen LogP contribution in [0.1, 0.15) is 16.3 Å². The second kappa shape index (κ2) is 8.57. The fourth-order valence-electron chi connectivity index (χ4n) is 2.33. The molecule has 0 unspecified atom stereocenters. The van der Waals surface area contributed by atoms with Crippen LogP contribution in [0.3, 0.4) is 0 Å². The van der Waals surface area contributed by atoms with Crippen LogP contribution < -0.4 is 15.6 Å². The number of halogens is 1. The SMILES string of the molecule is O=C(NNc1nc(-c2ccncc2)no1)c1ccc(COc2ccc(Br)cc2)o1. The first-order valence-electron chi connectivity index (χ1n) is 8.45. The number of hydrogen-bond donors (Lipinski definition) is 2. The number of rotatable bonds is 7. The summed E-state index contributed by atoms with van der Waals surface area (Å²) in [6.45, 7) is 0.196. The summed E-state index contributed by atoms with van der Waals surface area (Å²) in [5, 5.41) is 3.83. The van der Waals surface area contributed by atoms with Gasteiger partial charge in [0, 0.05) is 22.4 Å². The number of aromatic nitrogens is 3. The number of benzene rings is 1. The number of hydrogen-bond acceptors (Lipinski definition) is 8. The number of pyridine rings is 1. The molecule has 146 valence electrons. The fourth-order valence-corrected chi connectivity index (χ4v) is 2.59. The molecule has 0 spiro atoms. The van der Waals surface area contributed by atoms with Crippen molar-refractivity contribution in [1.29, 1.82) is 0 Å². The van der Waals surface area contributed by atoms with Crippen LogP contribution in [-0.2, 0) is 6.61 Å². The highest BCUT2D eigenvalue weighted by Crippen LogP contribution is 2.18. The van der Waals surface area contributed by atoms with Crippen molar-refractivity contribution in [1.82, 2.24) is 20.6 Å². The van der Waals surface area contributed by atoms with Crippen LogP contribution >= 0.6 is 15.9 Å². The van der Waals surface area contributed by atoms with Gasteiger partial charge in [-0.05, 0) is 48.5 Å². The average molecular weight is 456 g/mol. The molecule has 9 nitrogen and oxygen atoms in total. The molecule has 0 fully saturated rings. The van der Waals surface area contributed by atoms with E-state index < -0.39 is 5.91 Å². The molecular weight excluding hydrogens is 442 g/mol. The predicted molar refractivity (Wildman–Crippen MR) is 106 cm³/mol. The van der Waals surface area contributed by atoms with Crippen LogP contribution in [0, 0.1) is 0 Å². The molecule has 2 N–H and O–H groups in total. The number of carbonyl (C=O) groups excluding carboxylic acids is 1. The first-order chi connectivity index (χ1) is 14.2. The number of anilines is 1. The molecule has 1 aromatic carbocycles. The minimum Gasteiger partial charge on any atom is -0.486 e. The Balaban J connectivity index is 1.30. The maximum Gasteiger partial charge on any atom is 0.340 e. The Labute approximate surface area is 173 Å². The summed E-state index contributed by atoms with van der Waals surface area (Å²) in [4.78, 5) is 20.3. The molecule has 29 heavy (non-hydrogen) atoms. The van der Waals surface area contributed by atoms with E-state index in [-0.39, 0.29) is 18.4 Å². The van der Waals surface area contributed by atoms with E-state index in [0.29, 0.717) is 17.3 Å². The Morgan fingerprint density at radius 2 is 1.86 bits per heavy atom. The smallest absolute Gasteiger partial charge is 0.340 e. The van der Waals surface area contributed by atoms with Crippen LogP contribution in [0.2, 0.25) is 0 Å². The van der Waals surface area contributed by atoms with Crippen LogP contribution in [0.4, 0.5) is 6.01 Å². The summed E-state index contributed by atoms with van der Waals surface area (Å²) < 4.78 is 17.1. The standard InChI is InChI=1S/C19H14BrN5O4/c20-13-1-3-14(4-2-13)27-11-15-5-6-16(28-15)18(26)23-24-19-22-17(25-29-19)12-7-9-21-10-8-12/h1-10H,11H2,(H,23,26)(H,22,24,25). The Bertz CT molecular complexity index is 1100. The molecule has 0 aliphatic heterocycles. The van der Waals surface area contributed by atoms with E-state index in [9.17, 15) is 4.79 Å². The molecule has 10 heteroatoms. The number of nitrogens with zero attached hydrogens (tertiary/aromatic N) is 3. The third-order valence-electron chi connectivity index (χ3n) is 3.73. The lowest BCUT2D eigenvalue weighted by Gasteiger charge is -2.04. The Morgan fingerprint density at radius 3 is 2.66 bits per heavy atom. The van der Waals surface area contributed by atoms with Crippen molar-refractivity contribution in [3.63, 3.8) is 0 Å². The number of nitrogens with one attached hydrogen (secondary N) is 2. The zero-order valence-electron chi connectivity index (χ0n) is 14.8. The molecule has 0 aliphatic rings. The lowest BCUT2D eigenvalue weighted by Crippen LogP contribution is -2.29. The van der Waals surface area contributed by atoms with Gasteiger partial charge in [0.1, 0.15) is 18.1 Å². The number of carbonyl (C=O) groups is 1. The van der Waals surface area contributed by atoms with Gasteiger partial charge < -0.3 is 13.7 Å². The van der Waals surface area contributed by atoms with Gasteiger partial charge >= 0.3 is 11.9 Å². The minimum absolute atomic E-state index is 0.0375. The zero-order valence-corrected chi connectivity index (χ0v) is 16.4. The van der Waals surface area contributed by atoms with Crippen molar-refractivity contribution in [3.8, 4) is 17.1 Å². The maximum absolute atomic E-state index is 12.2. The summed E-state index contributed by atoms with van der Waals surface area (Å²) >= 11 is 3.36. The van der Waals surface area contributed by atoms with Crippen molar-refractivity contribution < 1.29 is 18.5 Å². The van der Waals surface area contributed by atoms with E-state index in [1.54, 1.807) is 36.7 Å². The van der Waals surface area contributed by atoms with Crippen molar-refractivity contribution in [2.75, 3.05) is 5.43 Å². The molecule has 3 aromatic heterocycles. The van der Waals surface area contributed by atoms with Gasteiger partial charge in [0.15, 0.2) is 5.76 Å². The van der Waals surface area contributed by atoms with Crippen molar-refractivity contribution >= 4 is 27.9 Å². The van der Waals surface area contributed by atoms with Gasteiger partial charge in [-0.1, -0.05) is 21.1 Å². The molecule has 1 amide bonds. The molecule has 0 radical (unpaired) electrons. The van der Waals surface area contributed by atoms with Crippen LogP contribution in [0.25, 0.3) is 11.4 Å². The molecule has 4 aromatic rings. The van der Waals surface area contributed by atoms with Crippen molar-refractivity contribution in [3.05, 3.63) is 76.9 Å². The summed E-state index contributed by atoms with van der Waals surface area (Å²) in [5.41, 5.74) is 5.73. The van der Waals surface area contributed by atoms with Crippen molar-refractivity contribution in [2.24, 2.45) is 0 Å². The molecule has 0 atom stereocenters. The van der Waals surface area contributed by atoms with Gasteiger partial charge in [-0.25, -0.2) is 5.43 Å². The van der Waals surface area contributed by atoms with Gasteiger partial charge in [-0.15, -0.1) is 0 Å². The molecule has 0 aliphatic carbocycles. The summed E-state index contributed by atoms with van der Waals surface area (Å²) in [7, 11) is 0. The second-order valence-corrected chi connectivity index (χ2v) is 6.66. The number of hydrazine groups is 1. The highest BCUT2D eigenvalue weighted by molar-refractivity contribution is 9.10. The molecule has 3 heterocycles. The van der Waals surface area contributed by atoms with Gasteiger partial charge in [0.25, 0.3) is 0 Å². The topological polar surface area (TPSA) is 115 Å². The number of ether oxygens (including phenoxy) is 1. The lowest BCUT2D eigenvalue weighted by atomic mass is 10.3. The van der Waals surface area contributed by atoms with Crippen molar-refractivity contribution in [2.45, 2.75) is 6.61 Å². The third-order valence-corrected chi connectivity index (χ3v) is 4.26. The predicted octanol–water partition coefficient (Wildman–Crippen LogP) is 3.82. The summed E-state index contributed by atoms with van der Waals surface area (Å²) in [6, 6.07) is 14.1. The monoisotopic (exact) mass is 455 g/mol. The van der Waals surface area contributed by atoms with E-state index in [4.69, 9.17) is 13.7 Å². The first-order valence-corrected chi connectivity index (χ1v) is 9.24. The van der Waals surface area contributed by atoms with E-state index in [1.165, 1.54) is 0 Å². The number of amides is 1. The van der Waals surface area contributed by atoms with Gasteiger partial charge in [-0.2, -0.15) is 4.98 Å². The highest BCUT2D eigenvalue weighted by atomic mass is 79.9. The summed E-state index contributed by atoms with van der Waals surface area (Å²) in [5.74, 6) is 1.19. The largest absolute Gasteiger partial charge is 0.486 e. The summed E-state index contributed by atoms with van der Waals surface area (Å²) in [6.07, 6.45) is 3.24. The third kappa shape index (κ3) is 4.79. The first kappa shape index (κ1) is 18.7. The van der Waals surface area contributed by atoms with Crippen LogP contribution in [0.5, 0.6) is 5.75 Å². The molecular formula is C19H14BrN5O4. The van der Waals surface area contributed by atoms with E-state index in [0.717, 1.165) is 10.0 Å². The Morgan fingerprint density at radius 1 is 1.07 bits per heavy atom. The lowest BCUT2D eigenvalue weighted by molar-refractivity contribution is 0.0929. The van der Waals surface area contributed by atoms with Gasteiger partial charge in [0.05, 0.1) is 0 Å². The number of furan rings is 1. The fraction of sp³-hybridized carbons (Fsp3) is 0.0526. The molecule has 0 saturated heterocycles. The normalized spacial score (nSPS) is 10.5. The Hall–Kier alpha value is -3.66.